The van der Waals surface area contributed by atoms with Gasteiger partial charge in [-0.1, -0.05) is 12.1 Å². The van der Waals surface area contributed by atoms with Gasteiger partial charge in [0.15, 0.2) is 0 Å². The Morgan fingerprint density at radius 3 is 2.87 bits per heavy atom. The first-order valence-corrected chi connectivity index (χ1v) is 4.70. The van der Waals surface area contributed by atoms with Crippen LogP contribution in [0.15, 0.2) is 24.3 Å². The molecule has 0 aliphatic rings. The van der Waals surface area contributed by atoms with E-state index in [9.17, 15) is 4.79 Å². The monoisotopic (exact) mass is 210 g/mol. The van der Waals surface area contributed by atoms with E-state index in [0.717, 1.165) is 5.56 Å². The van der Waals surface area contributed by atoms with Gasteiger partial charge < -0.3 is 14.9 Å². The summed E-state index contributed by atoms with van der Waals surface area (Å²) >= 11 is 0. The second-order valence-electron chi connectivity index (χ2n) is 3.33. The lowest BCUT2D eigenvalue weighted by atomic mass is 10.2. The summed E-state index contributed by atoms with van der Waals surface area (Å²) in [6.45, 7) is 1.64. The number of rotatable bonds is 5. The standard InChI is InChI=1S/C11H14O4/c1-8(5-11(13)14)15-10-4-2-3-9(6-10)7-12/h2-4,6,8,12H,5,7H2,1H3,(H,13,14)/t8-/m1/s1. The number of aliphatic carboxylic acids is 1. The van der Waals surface area contributed by atoms with Crippen LogP contribution in [0.3, 0.4) is 0 Å². The summed E-state index contributed by atoms with van der Waals surface area (Å²) in [5.74, 6) is -0.309. The number of aliphatic hydroxyl groups excluding tert-OH is 1. The second-order valence-corrected chi connectivity index (χ2v) is 3.33. The second kappa shape index (κ2) is 5.36. The van der Waals surface area contributed by atoms with Gasteiger partial charge in [0, 0.05) is 0 Å². The van der Waals surface area contributed by atoms with Crippen molar-refractivity contribution in [1.82, 2.24) is 0 Å². The fourth-order valence-corrected chi connectivity index (χ4v) is 1.24. The van der Waals surface area contributed by atoms with Crippen LogP contribution in [-0.2, 0) is 11.4 Å². The predicted molar refractivity (Wildman–Crippen MR) is 54.7 cm³/mol. The van der Waals surface area contributed by atoms with Crippen LogP contribution in [0.2, 0.25) is 0 Å². The zero-order valence-corrected chi connectivity index (χ0v) is 8.51. The summed E-state index contributed by atoms with van der Waals surface area (Å²) in [6.07, 6.45) is -0.417. The lowest BCUT2D eigenvalue weighted by Crippen LogP contribution is -2.16. The highest BCUT2D eigenvalue weighted by Crippen LogP contribution is 2.15. The van der Waals surface area contributed by atoms with Crippen LogP contribution in [0.4, 0.5) is 0 Å². The van der Waals surface area contributed by atoms with Crippen molar-refractivity contribution in [2.24, 2.45) is 0 Å². The first kappa shape index (κ1) is 11.5. The molecule has 15 heavy (non-hydrogen) atoms. The van der Waals surface area contributed by atoms with Crippen LogP contribution in [-0.4, -0.2) is 22.3 Å². The van der Waals surface area contributed by atoms with E-state index in [1.165, 1.54) is 0 Å². The van der Waals surface area contributed by atoms with Crippen LogP contribution >= 0.6 is 0 Å². The molecule has 0 bridgehead atoms. The Balaban J connectivity index is 2.59. The van der Waals surface area contributed by atoms with E-state index in [1.54, 1.807) is 31.2 Å². The maximum absolute atomic E-state index is 10.4. The molecule has 4 nitrogen and oxygen atoms in total. The third kappa shape index (κ3) is 3.99. The molecule has 0 unspecified atom stereocenters. The van der Waals surface area contributed by atoms with Gasteiger partial charge in [-0.05, 0) is 24.6 Å². The first-order valence-electron chi connectivity index (χ1n) is 4.70. The van der Waals surface area contributed by atoms with Crippen LogP contribution < -0.4 is 4.74 Å². The molecule has 0 aromatic heterocycles. The maximum atomic E-state index is 10.4. The van der Waals surface area contributed by atoms with Gasteiger partial charge in [-0.15, -0.1) is 0 Å². The lowest BCUT2D eigenvalue weighted by Gasteiger charge is -2.12. The normalized spacial score (nSPS) is 12.1. The van der Waals surface area contributed by atoms with E-state index < -0.39 is 5.97 Å². The molecule has 0 aliphatic carbocycles. The maximum Gasteiger partial charge on any atom is 0.307 e. The number of carboxylic acid groups (broad SMARTS) is 1. The Morgan fingerprint density at radius 1 is 1.53 bits per heavy atom. The fraction of sp³-hybridized carbons (Fsp3) is 0.364. The Kier molecular flexibility index (Phi) is 4.12. The molecule has 1 aromatic carbocycles. The molecule has 0 spiro atoms. The minimum atomic E-state index is -0.888. The van der Waals surface area contributed by atoms with Gasteiger partial charge in [-0.3, -0.25) is 4.79 Å². The Morgan fingerprint density at radius 2 is 2.27 bits per heavy atom. The highest BCUT2D eigenvalue weighted by atomic mass is 16.5. The highest BCUT2D eigenvalue weighted by Gasteiger charge is 2.08. The Bertz CT molecular complexity index is 335. The summed E-state index contributed by atoms with van der Waals surface area (Å²) in [5, 5.41) is 17.4. The third-order valence-corrected chi connectivity index (χ3v) is 1.88. The van der Waals surface area contributed by atoms with Crippen molar-refractivity contribution in [1.29, 1.82) is 0 Å². The smallest absolute Gasteiger partial charge is 0.307 e. The molecule has 2 N–H and O–H groups in total. The molecule has 0 saturated carbocycles. The van der Waals surface area contributed by atoms with Crippen molar-refractivity contribution in [2.75, 3.05) is 0 Å². The van der Waals surface area contributed by atoms with Gasteiger partial charge in [0.1, 0.15) is 11.9 Å². The van der Waals surface area contributed by atoms with E-state index in [2.05, 4.69) is 0 Å². The summed E-state index contributed by atoms with van der Waals surface area (Å²) in [5.41, 5.74) is 0.745. The average molecular weight is 210 g/mol. The molecule has 0 fully saturated rings. The zero-order chi connectivity index (χ0) is 11.3. The number of benzene rings is 1. The molecule has 0 heterocycles. The van der Waals surface area contributed by atoms with Crippen LogP contribution in [0.5, 0.6) is 5.75 Å². The Hall–Kier alpha value is -1.55. The molecule has 0 amide bonds. The van der Waals surface area contributed by atoms with Gasteiger partial charge in [0.25, 0.3) is 0 Å². The van der Waals surface area contributed by atoms with E-state index in [-0.39, 0.29) is 19.1 Å². The van der Waals surface area contributed by atoms with Crippen molar-refractivity contribution in [3.63, 3.8) is 0 Å². The van der Waals surface area contributed by atoms with E-state index in [0.29, 0.717) is 5.75 Å². The minimum absolute atomic E-state index is 0.0383. The summed E-state index contributed by atoms with van der Waals surface area (Å²) in [4.78, 5) is 10.4. The van der Waals surface area contributed by atoms with Crippen LogP contribution in [0, 0.1) is 0 Å². The number of hydrogen-bond donors (Lipinski definition) is 2. The van der Waals surface area contributed by atoms with Crippen LogP contribution in [0.1, 0.15) is 18.9 Å². The number of carbonyl (C=O) groups is 1. The average Bonchev–Trinajstić information content (AvgIpc) is 2.16. The van der Waals surface area contributed by atoms with Crippen molar-refractivity contribution in [2.45, 2.75) is 26.1 Å². The molecular formula is C11H14O4. The van der Waals surface area contributed by atoms with Gasteiger partial charge in [-0.2, -0.15) is 0 Å². The molecule has 0 aliphatic heterocycles. The molecule has 4 heteroatoms. The number of hydrogen-bond acceptors (Lipinski definition) is 3. The third-order valence-electron chi connectivity index (χ3n) is 1.88. The van der Waals surface area contributed by atoms with Crippen molar-refractivity contribution >= 4 is 5.97 Å². The van der Waals surface area contributed by atoms with E-state index in [1.807, 2.05) is 0 Å². The molecule has 0 saturated heterocycles. The molecule has 1 atom stereocenters. The van der Waals surface area contributed by atoms with Crippen molar-refractivity contribution in [3.8, 4) is 5.75 Å². The summed E-state index contributed by atoms with van der Waals surface area (Å²) in [6, 6.07) is 6.96. The quantitative estimate of drug-likeness (QED) is 0.771. The van der Waals surface area contributed by atoms with Crippen molar-refractivity contribution in [3.05, 3.63) is 29.8 Å². The van der Waals surface area contributed by atoms with Gasteiger partial charge in [0.05, 0.1) is 13.0 Å². The number of carboxylic acids is 1. The summed E-state index contributed by atoms with van der Waals surface area (Å²) < 4.78 is 5.38. The fourth-order valence-electron chi connectivity index (χ4n) is 1.24. The van der Waals surface area contributed by atoms with Gasteiger partial charge in [0.2, 0.25) is 0 Å². The molecule has 0 radical (unpaired) electrons. The Labute approximate surface area is 88.1 Å². The molecule has 1 rings (SSSR count). The van der Waals surface area contributed by atoms with Gasteiger partial charge >= 0.3 is 5.97 Å². The highest BCUT2D eigenvalue weighted by molar-refractivity contribution is 5.67. The predicted octanol–water partition coefficient (Wildman–Crippen LogP) is 1.42. The largest absolute Gasteiger partial charge is 0.490 e. The lowest BCUT2D eigenvalue weighted by molar-refractivity contribution is -0.138. The zero-order valence-electron chi connectivity index (χ0n) is 8.51. The SMILES string of the molecule is C[C@H](CC(=O)O)Oc1cccc(CO)c1. The van der Waals surface area contributed by atoms with Crippen molar-refractivity contribution < 1.29 is 19.7 Å². The van der Waals surface area contributed by atoms with Crippen LogP contribution in [0.25, 0.3) is 0 Å². The van der Waals surface area contributed by atoms with E-state index >= 15 is 0 Å². The molecule has 1 aromatic rings. The summed E-state index contributed by atoms with van der Waals surface area (Å²) in [7, 11) is 0. The topological polar surface area (TPSA) is 66.8 Å². The minimum Gasteiger partial charge on any atom is -0.490 e. The van der Waals surface area contributed by atoms with E-state index in [4.69, 9.17) is 14.9 Å². The number of ether oxygens (including phenoxy) is 1. The molecule has 82 valence electrons. The number of aliphatic hydroxyl groups is 1. The molecular weight excluding hydrogens is 196 g/mol. The van der Waals surface area contributed by atoms with Gasteiger partial charge in [-0.25, -0.2) is 0 Å². The first-order chi connectivity index (χ1) is 7.11.